The molecule has 1 aromatic carbocycles. The molecule has 0 saturated heterocycles. The Hall–Kier alpha value is 0.0900. The second-order valence-electron chi connectivity index (χ2n) is 3.78. The number of hydrogen-bond donors (Lipinski definition) is 0. The third-order valence-corrected chi connectivity index (χ3v) is 3.13. The predicted molar refractivity (Wildman–Crippen MR) is 69.2 cm³/mol. The van der Waals surface area contributed by atoms with Crippen molar-refractivity contribution in [3.05, 3.63) is 34.9 Å². The SMILES string of the molecule is CC(Cl)c1cc(C(C)Cl)cc(C(C)Cl)c1. The molecule has 3 unspecified atom stereocenters. The van der Waals surface area contributed by atoms with Gasteiger partial charge in [-0.05, 0) is 37.5 Å². The molecule has 0 heterocycles. The van der Waals surface area contributed by atoms with Crippen LogP contribution in [0.25, 0.3) is 0 Å². The molecule has 0 amide bonds. The smallest absolute Gasteiger partial charge is 0.0557 e. The highest BCUT2D eigenvalue weighted by atomic mass is 35.5. The largest absolute Gasteiger partial charge is 0.118 e. The lowest BCUT2D eigenvalue weighted by atomic mass is 10.0. The molecule has 0 radical (unpaired) electrons. The van der Waals surface area contributed by atoms with Crippen LogP contribution in [0, 0.1) is 0 Å². The fraction of sp³-hybridized carbons (Fsp3) is 0.500. The Bertz CT molecular complexity index is 265. The summed E-state index contributed by atoms with van der Waals surface area (Å²) >= 11 is 18.2. The van der Waals surface area contributed by atoms with E-state index in [2.05, 4.69) is 0 Å². The standard InChI is InChI=1S/C12H15Cl3/c1-7(13)10-4-11(8(2)14)6-12(5-10)9(3)15/h4-9H,1-3H3. The van der Waals surface area contributed by atoms with Crippen LogP contribution < -0.4 is 0 Å². The Kier molecular flexibility index (Phi) is 4.76. The van der Waals surface area contributed by atoms with Crippen molar-refractivity contribution in [2.24, 2.45) is 0 Å². The summed E-state index contributed by atoms with van der Waals surface area (Å²) in [6.45, 7) is 5.84. The monoisotopic (exact) mass is 264 g/mol. The molecule has 0 aromatic heterocycles. The summed E-state index contributed by atoms with van der Waals surface area (Å²) in [5, 5.41) is -0.0569. The maximum atomic E-state index is 6.07. The van der Waals surface area contributed by atoms with Crippen molar-refractivity contribution >= 4 is 34.8 Å². The first kappa shape index (κ1) is 13.2. The van der Waals surface area contributed by atoms with Gasteiger partial charge in [-0.25, -0.2) is 0 Å². The molecule has 1 rings (SSSR count). The van der Waals surface area contributed by atoms with Gasteiger partial charge in [-0.3, -0.25) is 0 Å². The molecule has 84 valence electrons. The van der Waals surface area contributed by atoms with E-state index in [1.165, 1.54) is 0 Å². The molecule has 3 atom stereocenters. The first-order valence-electron chi connectivity index (χ1n) is 4.98. The van der Waals surface area contributed by atoms with Crippen LogP contribution in [-0.4, -0.2) is 0 Å². The fourth-order valence-electron chi connectivity index (χ4n) is 1.39. The lowest BCUT2D eigenvalue weighted by Gasteiger charge is -2.13. The molecule has 0 nitrogen and oxygen atoms in total. The predicted octanol–water partition coefficient (Wildman–Crippen LogP) is 5.59. The van der Waals surface area contributed by atoms with Gasteiger partial charge in [-0.15, -0.1) is 34.8 Å². The summed E-state index contributed by atoms with van der Waals surface area (Å²) in [4.78, 5) is 0. The molecule has 0 N–H and O–H groups in total. The third kappa shape index (κ3) is 3.55. The van der Waals surface area contributed by atoms with Gasteiger partial charge in [0.15, 0.2) is 0 Å². The Balaban J connectivity index is 3.20. The second-order valence-corrected chi connectivity index (χ2v) is 5.74. The minimum Gasteiger partial charge on any atom is -0.118 e. The van der Waals surface area contributed by atoms with E-state index < -0.39 is 0 Å². The first-order valence-corrected chi connectivity index (χ1v) is 6.29. The van der Waals surface area contributed by atoms with E-state index in [-0.39, 0.29) is 16.1 Å². The van der Waals surface area contributed by atoms with Gasteiger partial charge in [0.1, 0.15) is 0 Å². The lowest BCUT2D eigenvalue weighted by molar-refractivity contribution is 0.994. The van der Waals surface area contributed by atoms with Gasteiger partial charge in [0.05, 0.1) is 16.1 Å². The van der Waals surface area contributed by atoms with Crippen molar-refractivity contribution in [3.63, 3.8) is 0 Å². The molecule has 0 aliphatic carbocycles. The fourth-order valence-corrected chi connectivity index (χ4v) is 1.77. The summed E-state index contributed by atoms with van der Waals surface area (Å²) in [6.07, 6.45) is 0. The van der Waals surface area contributed by atoms with Crippen LogP contribution >= 0.6 is 34.8 Å². The Morgan fingerprint density at radius 1 is 0.667 bits per heavy atom. The average molecular weight is 266 g/mol. The zero-order valence-electron chi connectivity index (χ0n) is 9.10. The van der Waals surface area contributed by atoms with Crippen molar-refractivity contribution < 1.29 is 0 Å². The molecular weight excluding hydrogens is 250 g/mol. The van der Waals surface area contributed by atoms with E-state index in [1.807, 2.05) is 39.0 Å². The maximum absolute atomic E-state index is 6.07. The van der Waals surface area contributed by atoms with Gasteiger partial charge in [0, 0.05) is 0 Å². The van der Waals surface area contributed by atoms with Gasteiger partial charge in [0.25, 0.3) is 0 Å². The number of alkyl halides is 3. The molecule has 0 fully saturated rings. The Morgan fingerprint density at radius 2 is 0.867 bits per heavy atom. The van der Waals surface area contributed by atoms with Gasteiger partial charge in [0.2, 0.25) is 0 Å². The second kappa shape index (κ2) is 5.43. The van der Waals surface area contributed by atoms with Crippen molar-refractivity contribution in [2.75, 3.05) is 0 Å². The van der Waals surface area contributed by atoms with Crippen LogP contribution in [0.1, 0.15) is 53.6 Å². The van der Waals surface area contributed by atoms with E-state index in [0.717, 1.165) is 16.7 Å². The molecule has 3 heteroatoms. The van der Waals surface area contributed by atoms with Gasteiger partial charge in [-0.1, -0.05) is 18.2 Å². The van der Waals surface area contributed by atoms with Crippen molar-refractivity contribution in [2.45, 2.75) is 36.9 Å². The van der Waals surface area contributed by atoms with Crippen LogP contribution in [0.4, 0.5) is 0 Å². The summed E-state index contributed by atoms with van der Waals surface area (Å²) in [5.41, 5.74) is 3.22. The summed E-state index contributed by atoms with van der Waals surface area (Å²) in [7, 11) is 0. The van der Waals surface area contributed by atoms with E-state index >= 15 is 0 Å². The summed E-state index contributed by atoms with van der Waals surface area (Å²) in [6, 6.07) is 6.12. The lowest BCUT2D eigenvalue weighted by Crippen LogP contribution is -1.95. The quantitative estimate of drug-likeness (QED) is 0.625. The van der Waals surface area contributed by atoms with Crippen LogP contribution in [0.3, 0.4) is 0 Å². The molecule has 0 spiro atoms. The highest BCUT2D eigenvalue weighted by Gasteiger charge is 2.11. The topological polar surface area (TPSA) is 0 Å². The number of hydrogen-bond acceptors (Lipinski definition) is 0. The summed E-state index contributed by atoms with van der Waals surface area (Å²) in [5.74, 6) is 0. The number of halogens is 3. The zero-order chi connectivity index (χ0) is 11.6. The van der Waals surface area contributed by atoms with Crippen LogP contribution in [0.15, 0.2) is 18.2 Å². The Morgan fingerprint density at radius 3 is 1.00 bits per heavy atom. The van der Waals surface area contributed by atoms with Gasteiger partial charge < -0.3 is 0 Å². The molecular formula is C12H15Cl3. The highest BCUT2D eigenvalue weighted by Crippen LogP contribution is 2.31. The minimum atomic E-state index is -0.0190. The van der Waals surface area contributed by atoms with E-state index in [9.17, 15) is 0 Å². The van der Waals surface area contributed by atoms with Crippen molar-refractivity contribution in [1.29, 1.82) is 0 Å². The maximum Gasteiger partial charge on any atom is 0.0557 e. The number of benzene rings is 1. The molecule has 0 bridgehead atoms. The number of rotatable bonds is 3. The molecule has 15 heavy (non-hydrogen) atoms. The minimum absolute atomic E-state index is 0.0190. The molecule has 0 aliphatic rings. The van der Waals surface area contributed by atoms with E-state index in [0.29, 0.717) is 0 Å². The first-order chi connectivity index (χ1) is 6.91. The molecule has 0 aliphatic heterocycles. The molecule has 0 saturated carbocycles. The zero-order valence-corrected chi connectivity index (χ0v) is 11.4. The van der Waals surface area contributed by atoms with Crippen LogP contribution in [-0.2, 0) is 0 Å². The normalized spacial score (nSPS) is 17.2. The summed E-state index contributed by atoms with van der Waals surface area (Å²) < 4.78 is 0. The van der Waals surface area contributed by atoms with Crippen molar-refractivity contribution in [1.82, 2.24) is 0 Å². The van der Waals surface area contributed by atoms with E-state index in [1.54, 1.807) is 0 Å². The van der Waals surface area contributed by atoms with Crippen LogP contribution in [0.2, 0.25) is 0 Å². The van der Waals surface area contributed by atoms with Crippen molar-refractivity contribution in [3.8, 4) is 0 Å². The highest BCUT2D eigenvalue weighted by molar-refractivity contribution is 6.22. The average Bonchev–Trinajstić information content (AvgIpc) is 2.16. The Labute approximate surface area is 107 Å². The molecule has 1 aromatic rings. The van der Waals surface area contributed by atoms with E-state index in [4.69, 9.17) is 34.8 Å². The van der Waals surface area contributed by atoms with Crippen LogP contribution in [0.5, 0.6) is 0 Å². The van der Waals surface area contributed by atoms with Gasteiger partial charge >= 0.3 is 0 Å². The van der Waals surface area contributed by atoms with Gasteiger partial charge in [-0.2, -0.15) is 0 Å². The third-order valence-electron chi connectivity index (χ3n) is 2.38.